The van der Waals surface area contributed by atoms with Crippen LogP contribution in [0.15, 0.2) is 30.3 Å². The van der Waals surface area contributed by atoms with Gasteiger partial charge in [0.25, 0.3) is 5.91 Å². The fourth-order valence-electron chi connectivity index (χ4n) is 2.83. The van der Waals surface area contributed by atoms with E-state index >= 15 is 0 Å². The lowest BCUT2D eigenvalue weighted by Gasteiger charge is -2.45. The number of carbonyl (C=O) groups is 1. The second kappa shape index (κ2) is 8.55. The number of hydrogen-bond acceptors (Lipinski definition) is 6. The summed E-state index contributed by atoms with van der Waals surface area (Å²) in [5.41, 5.74) is 0.584. The van der Waals surface area contributed by atoms with Gasteiger partial charge in [0, 0.05) is 33.4 Å². The molecule has 2 rings (SSSR count). The Labute approximate surface area is 141 Å². The first kappa shape index (κ1) is 18.8. The summed E-state index contributed by atoms with van der Waals surface area (Å²) in [7, 11) is 4.46. The lowest BCUT2D eigenvalue weighted by atomic mass is 9.95. The van der Waals surface area contributed by atoms with E-state index in [9.17, 15) is 9.90 Å². The van der Waals surface area contributed by atoms with Gasteiger partial charge in [0.05, 0.1) is 12.5 Å². The SMILES string of the molecule is CO[C@@H]1CC(OC)(OC)[C@H](O)[C@@H](CCNC(=O)c2ccccc2)O1. The minimum Gasteiger partial charge on any atom is -0.385 e. The lowest BCUT2D eigenvalue weighted by molar-refractivity contribution is -0.352. The highest BCUT2D eigenvalue weighted by Gasteiger charge is 2.50. The van der Waals surface area contributed by atoms with Crippen LogP contribution in [0.5, 0.6) is 0 Å². The Morgan fingerprint density at radius 2 is 1.96 bits per heavy atom. The van der Waals surface area contributed by atoms with Gasteiger partial charge in [-0.05, 0) is 18.6 Å². The average molecular weight is 339 g/mol. The highest BCUT2D eigenvalue weighted by Crippen LogP contribution is 2.34. The number of ether oxygens (including phenoxy) is 4. The fraction of sp³-hybridized carbons (Fsp3) is 0.588. The van der Waals surface area contributed by atoms with Crippen molar-refractivity contribution in [3.05, 3.63) is 35.9 Å². The molecule has 1 saturated heterocycles. The Morgan fingerprint density at radius 3 is 2.54 bits per heavy atom. The second-order valence-corrected chi connectivity index (χ2v) is 5.62. The molecule has 1 aromatic rings. The van der Waals surface area contributed by atoms with Crippen molar-refractivity contribution in [1.29, 1.82) is 0 Å². The molecule has 0 unspecified atom stereocenters. The lowest BCUT2D eigenvalue weighted by Crippen LogP contribution is -2.60. The molecule has 1 aromatic carbocycles. The fourth-order valence-corrected chi connectivity index (χ4v) is 2.83. The molecule has 1 heterocycles. The van der Waals surface area contributed by atoms with E-state index in [-0.39, 0.29) is 12.3 Å². The molecule has 1 aliphatic heterocycles. The normalized spacial score (nSPS) is 26.1. The molecule has 2 N–H and O–H groups in total. The van der Waals surface area contributed by atoms with Crippen LogP contribution in [0.2, 0.25) is 0 Å². The van der Waals surface area contributed by atoms with Crippen molar-refractivity contribution in [2.45, 2.75) is 37.1 Å². The molecule has 0 bridgehead atoms. The van der Waals surface area contributed by atoms with E-state index < -0.39 is 24.3 Å². The topological polar surface area (TPSA) is 86.3 Å². The van der Waals surface area contributed by atoms with Crippen LogP contribution < -0.4 is 5.32 Å². The Kier molecular flexibility index (Phi) is 6.70. The first-order valence-electron chi connectivity index (χ1n) is 7.86. The molecule has 0 aliphatic carbocycles. The summed E-state index contributed by atoms with van der Waals surface area (Å²) in [6.07, 6.45) is -1.48. The van der Waals surface area contributed by atoms with Crippen molar-refractivity contribution in [2.24, 2.45) is 0 Å². The number of carbonyl (C=O) groups excluding carboxylic acids is 1. The molecule has 134 valence electrons. The maximum Gasteiger partial charge on any atom is 0.251 e. The summed E-state index contributed by atoms with van der Waals surface area (Å²) >= 11 is 0. The average Bonchev–Trinajstić information content (AvgIpc) is 2.64. The van der Waals surface area contributed by atoms with Crippen LogP contribution in [0, 0.1) is 0 Å². The predicted octanol–water partition coefficient (Wildman–Crippen LogP) is 0.918. The largest absolute Gasteiger partial charge is 0.385 e. The smallest absolute Gasteiger partial charge is 0.251 e. The van der Waals surface area contributed by atoms with Gasteiger partial charge in [0.15, 0.2) is 6.29 Å². The molecule has 24 heavy (non-hydrogen) atoms. The van der Waals surface area contributed by atoms with Crippen LogP contribution in [-0.4, -0.2) is 63.2 Å². The molecule has 7 nitrogen and oxygen atoms in total. The molecular formula is C17H25NO6. The van der Waals surface area contributed by atoms with E-state index in [1.807, 2.05) is 6.07 Å². The van der Waals surface area contributed by atoms with Crippen molar-refractivity contribution in [3.63, 3.8) is 0 Å². The predicted molar refractivity (Wildman–Crippen MR) is 86.4 cm³/mol. The van der Waals surface area contributed by atoms with Gasteiger partial charge in [0.1, 0.15) is 6.10 Å². The Balaban J connectivity index is 1.94. The maximum atomic E-state index is 12.0. The molecule has 1 aliphatic rings. The Morgan fingerprint density at radius 1 is 1.29 bits per heavy atom. The van der Waals surface area contributed by atoms with Gasteiger partial charge in [0.2, 0.25) is 5.79 Å². The van der Waals surface area contributed by atoms with Crippen molar-refractivity contribution >= 4 is 5.91 Å². The van der Waals surface area contributed by atoms with Gasteiger partial charge >= 0.3 is 0 Å². The van der Waals surface area contributed by atoms with Crippen molar-refractivity contribution in [2.75, 3.05) is 27.9 Å². The van der Waals surface area contributed by atoms with Crippen LogP contribution in [0.1, 0.15) is 23.2 Å². The van der Waals surface area contributed by atoms with Crippen LogP contribution in [0.4, 0.5) is 0 Å². The standard InChI is InChI=1S/C17H25NO6/c1-21-14-11-17(22-2,23-3)15(19)13(24-14)9-10-18-16(20)12-7-5-4-6-8-12/h4-8,13-15,19H,9-11H2,1-3H3,(H,18,20)/t13-,14+,15-/m1/s1. The van der Waals surface area contributed by atoms with Crippen molar-refractivity contribution in [1.82, 2.24) is 5.32 Å². The van der Waals surface area contributed by atoms with Crippen LogP contribution in [0.25, 0.3) is 0 Å². The van der Waals surface area contributed by atoms with Crippen molar-refractivity contribution in [3.8, 4) is 0 Å². The molecule has 7 heteroatoms. The van der Waals surface area contributed by atoms with E-state index in [1.165, 1.54) is 21.3 Å². The third kappa shape index (κ3) is 4.12. The minimum atomic E-state index is -1.19. The number of benzene rings is 1. The van der Waals surface area contributed by atoms with Gasteiger partial charge in [-0.2, -0.15) is 0 Å². The molecule has 0 saturated carbocycles. The van der Waals surface area contributed by atoms with Gasteiger partial charge in [-0.25, -0.2) is 0 Å². The molecule has 3 atom stereocenters. The molecule has 1 amide bonds. The van der Waals surface area contributed by atoms with Crippen LogP contribution in [-0.2, 0) is 18.9 Å². The zero-order valence-electron chi connectivity index (χ0n) is 14.2. The van der Waals surface area contributed by atoms with E-state index in [1.54, 1.807) is 24.3 Å². The van der Waals surface area contributed by atoms with Gasteiger partial charge in [-0.1, -0.05) is 18.2 Å². The molecule has 1 fully saturated rings. The highest BCUT2D eigenvalue weighted by molar-refractivity contribution is 5.94. The number of aliphatic hydroxyl groups excluding tert-OH is 1. The van der Waals surface area contributed by atoms with E-state index in [0.717, 1.165) is 0 Å². The number of rotatable bonds is 7. The zero-order chi connectivity index (χ0) is 17.6. The number of methoxy groups -OCH3 is 3. The quantitative estimate of drug-likeness (QED) is 0.719. The summed E-state index contributed by atoms with van der Waals surface area (Å²) in [6, 6.07) is 8.93. The minimum absolute atomic E-state index is 0.172. The third-order valence-corrected chi connectivity index (χ3v) is 4.28. The summed E-state index contributed by atoms with van der Waals surface area (Å²) in [5.74, 6) is -1.36. The van der Waals surface area contributed by atoms with Gasteiger partial charge in [-0.3, -0.25) is 4.79 Å². The first-order valence-corrected chi connectivity index (χ1v) is 7.86. The molecular weight excluding hydrogens is 314 g/mol. The highest BCUT2D eigenvalue weighted by atomic mass is 16.7. The van der Waals surface area contributed by atoms with Gasteiger partial charge < -0.3 is 29.4 Å². The molecule has 0 spiro atoms. The Hall–Kier alpha value is -1.51. The second-order valence-electron chi connectivity index (χ2n) is 5.62. The molecule has 0 aromatic heterocycles. The number of amides is 1. The number of hydrogen-bond donors (Lipinski definition) is 2. The van der Waals surface area contributed by atoms with Crippen LogP contribution >= 0.6 is 0 Å². The summed E-state index contributed by atoms with van der Waals surface area (Å²) in [5, 5.41) is 13.3. The summed E-state index contributed by atoms with van der Waals surface area (Å²) in [6.45, 7) is 0.343. The first-order chi connectivity index (χ1) is 11.6. The Bertz CT molecular complexity index is 519. The number of nitrogens with one attached hydrogen (secondary N) is 1. The van der Waals surface area contributed by atoms with E-state index in [0.29, 0.717) is 18.5 Å². The van der Waals surface area contributed by atoms with Crippen molar-refractivity contribution < 1.29 is 28.8 Å². The summed E-state index contributed by atoms with van der Waals surface area (Å²) < 4.78 is 21.7. The van der Waals surface area contributed by atoms with E-state index in [4.69, 9.17) is 18.9 Å². The zero-order valence-corrected chi connectivity index (χ0v) is 14.2. The molecule has 0 radical (unpaired) electrons. The monoisotopic (exact) mass is 339 g/mol. The van der Waals surface area contributed by atoms with E-state index in [2.05, 4.69) is 5.32 Å². The summed E-state index contributed by atoms with van der Waals surface area (Å²) in [4.78, 5) is 12.0. The number of aliphatic hydroxyl groups is 1. The third-order valence-electron chi connectivity index (χ3n) is 4.28. The van der Waals surface area contributed by atoms with Crippen LogP contribution in [0.3, 0.4) is 0 Å². The van der Waals surface area contributed by atoms with Gasteiger partial charge in [-0.15, -0.1) is 0 Å². The maximum absolute atomic E-state index is 12.0.